The van der Waals surface area contributed by atoms with Crippen LogP contribution in [0, 0.1) is 40.4 Å². The number of carbonyl (C=O) groups is 2. The molecule has 0 aliphatic heterocycles. The molecule has 41 heavy (non-hydrogen) atoms. The maximum Gasteiger partial charge on any atom is 1.00 e. The summed E-state index contributed by atoms with van der Waals surface area (Å²) < 4.78 is 0. The van der Waals surface area contributed by atoms with Crippen molar-refractivity contribution in [1.82, 2.24) is 0 Å². The smallest absolute Gasteiger partial charge is 0.652 e. The summed E-state index contributed by atoms with van der Waals surface area (Å²) in [6, 6.07) is 6.22. The van der Waals surface area contributed by atoms with Crippen molar-refractivity contribution in [2.45, 2.75) is 142 Å². The Kier molecular flexibility index (Phi) is 17.7. The second-order valence-electron chi connectivity index (χ2n) is 16.0. The van der Waals surface area contributed by atoms with Crippen molar-refractivity contribution in [3.05, 3.63) is 34.6 Å². The molecule has 0 fully saturated rings. The van der Waals surface area contributed by atoms with E-state index in [-0.39, 0.29) is 86.2 Å². The molecule has 0 unspecified atom stereocenters. The fourth-order valence-corrected chi connectivity index (χ4v) is 6.19. The first kappa shape index (κ1) is 43.1. The Bertz CT molecular complexity index is 972. The van der Waals surface area contributed by atoms with E-state index in [1.165, 1.54) is 11.1 Å². The molecule has 4 nitrogen and oxygen atoms in total. The standard InChI is InChI=1S/C34H60N2O2.C2H6.Rb/c1-23(2)19-31(8,9)27-17-16-26(18-25(27)5)36-29(38)34(14,15)21-33(12,13)28(37)35-22-30(6,7)20-32(10,11)24(3)4;1-2;/h16-18,23-24H,19-22H2,1-15H3,(H2,35,36,37,38);1-2H3;/q;;+1/p-1. The number of nitrogens with zero attached hydrogens (tertiary/aromatic N) is 1. The third-order valence-electron chi connectivity index (χ3n) is 8.36. The summed E-state index contributed by atoms with van der Waals surface area (Å²) in [7, 11) is 0. The van der Waals surface area contributed by atoms with E-state index in [0.717, 1.165) is 18.5 Å². The molecule has 1 aromatic carbocycles. The minimum Gasteiger partial charge on any atom is -0.652 e. The molecule has 0 bridgehead atoms. The van der Waals surface area contributed by atoms with Gasteiger partial charge in [0, 0.05) is 16.5 Å². The normalized spacial score (nSPS) is 12.9. The zero-order valence-corrected chi connectivity index (χ0v) is 35.4. The number of hydrogen-bond acceptors (Lipinski definition) is 2. The molecule has 1 aromatic rings. The largest absolute Gasteiger partial charge is 1.00 e. The van der Waals surface area contributed by atoms with Crippen molar-refractivity contribution in [1.29, 1.82) is 0 Å². The van der Waals surface area contributed by atoms with Gasteiger partial charge in [0.1, 0.15) is 0 Å². The molecule has 1 rings (SSSR count). The summed E-state index contributed by atoms with van der Waals surface area (Å²) in [6.45, 7) is 36.8. The quantitative estimate of drug-likeness (QED) is 0.239. The first-order valence-corrected chi connectivity index (χ1v) is 15.6. The van der Waals surface area contributed by atoms with Gasteiger partial charge in [-0.15, -0.1) is 6.54 Å². The van der Waals surface area contributed by atoms with Crippen LogP contribution >= 0.6 is 0 Å². The Morgan fingerprint density at radius 3 is 1.78 bits per heavy atom. The van der Waals surface area contributed by atoms with Crippen molar-refractivity contribution >= 4 is 17.5 Å². The zero-order valence-electron chi connectivity index (χ0n) is 30.5. The minimum atomic E-state index is -0.731. The van der Waals surface area contributed by atoms with Gasteiger partial charge in [0.15, 0.2) is 0 Å². The molecule has 0 saturated heterocycles. The van der Waals surface area contributed by atoms with Crippen molar-refractivity contribution in [3.63, 3.8) is 0 Å². The van der Waals surface area contributed by atoms with Crippen molar-refractivity contribution in [2.75, 3.05) is 11.9 Å². The molecule has 232 valence electrons. The molecule has 0 radical (unpaired) electrons. The van der Waals surface area contributed by atoms with E-state index < -0.39 is 10.8 Å². The van der Waals surface area contributed by atoms with Crippen LogP contribution in [0.1, 0.15) is 141 Å². The van der Waals surface area contributed by atoms with Crippen LogP contribution in [0.25, 0.3) is 5.32 Å². The van der Waals surface area contributed by atoms with E-state index in [4.69, 9.17) is 0 Å². The Labute approximate surface area is 304 Å². The van der Waals surface area contributed by atoms with Gasteiger partial charge in [-0.25, -0.2) is 0 Å². The van der Waals surface area contributed by atoms with Crippen LogP contribution in [0.15, 0.2) is 18.2 Å². The molecule has 0 aromatic heterocycles. The van der Waals surface area contributed by atoms with Gasteiger partial charge in [0.05, 0.1) is 5.91 Å². The van der Waals surface area contributed by atoms with Crippen LogP contribution in [0.5, 0.6) is 0 Å². The number of aryl methyl sites for hydroxylation is 1. The summed E-state index contributed by atoms with van der Waals surface area (Å²) in [5.74, 6) is 0.965. The van der Waals surface area contributed by atoms with Crippen LogP contribution < -0.4 is 63.5 Å². The predicted octanol–water partition coefficient (Wildman–Crippen LogP) is 7.73. The van der Waals surface area contributed by atoms with Gasteiger partial charge in [0.25, 0.3) is 0 Å². The number of benzene rings is 1. The molecule has 0 aliphatic rings. The first-order valence-electron chi connectivity index (χ1n) is 15.6. The molecular weight excluding hydrogens is 578 g/mol. The Balaban J connectivity index is 0. The fraction of sp³-hybridized carbons (Fsp3) is 0.778. The summed E-state index contributed by atoms with van der Waals surface area (Å²) >= 11 is 0. The number of amides is 2. The molecule has 5 heteroatoms. The second-order valence-corrected chi connectivity index (χ2v) is 16.0. The summed E-state index contributed by atoms with van der Waals surface area (Å²) in [5, 5.41) is 7.65. The molecule has 0 atom stereocenters. The average Bonchev–Trinajstić information content (AvgIpc) is 2.76. The molecule has 0 aliphatic carbocycles. The van der Waals surface area contributed by atoms with Gasteiger partial charge < -0.3 is 15.4 Å². The van der Waals surface area contributed by atoms with Crippen molar-refractivity contribution in [3.8, 4) is 0 Å². The SMILES string of the molecule is CC.Cc1cc(NC(=O)C(C)(C)CC(C)(C)C(=O)[N-]CC(C)(C)CC(C)(C)C(C)C)ccc1C(C)(C)CC(C)C.[Rb+]. The summed E-state index contributed by atoms with van der Waals surface area (Å²) in [5.41, 5.74) is 2.03. The van der Waals surface area contributed by atoms with Gasteiger partial charge in [0.2, 0.25) is 5.91 Å². The Morgan fingerprint density at radius 2 is 1.34 bits per heavy atom. The van der Waals surface area contributed by atoms with Crippen LogP contribution in [0.2, 0.25) is 0 Å². The van der Waals surface area contributed by atoms with Crippen molar-refractivity contribution < 1.29 is 67.8 Å². The first-order chi connectivity index (χ1) is 17.9. The van der Waals surface area contributed by atoms with Crippen molar-refractivity contribution in [2.24, 2.45) is 33.5 Å². The van der Waals surface area contributed by atoms with Gasteiger partial charge in [-0.3, -0.25) is 4.79 Å². The van der Waals surface area contributed by atoms with E-state index in [9.17, 15) is 9.59 Å². The Hall–Kier alpha value is -0.0348. The topological polar surface area (TPSA) is 60.3 Å². The van der Waals surface area contributed by atoms with Crippen LogP contribution in [0.3, 0.4) is 0 Å². The summed E-state index contributed by atoms with van der Waals surface area (Å²) in [6.07, 6.45) is 2.52. The monoisotopic (exact) mass is 642 g/mol. The molecule has 0 spiro atoms. The van der Waals surface area contributed by atoms with E-state index in [1.807, 2.05) is 47.6 Å². The molecular formula is C36H65N2O2Rb. The van der Waals surface area contributed by atoms with E-state index in [2.05, 4.69) is 98.9 Å². The third-order valence-corrected chi connectivity index (χ3v) is 8.36. The van der Waals surface area contributed by atoms with Gasteiger partial charge >= 0.3 is 58.2 Å². The van der Waals surface area contributed by atoms with E-state index in [0.29, 0.717) is 24.8 Å². The van der Waals surface area contributed by atoms with Gasteiger partial charge in [-0.2, -0.15) is 0 Å². The van der Waals surface area contributed by atoms with Gasteiger partial charge in [-0.1, -0.05) is 122 Å². The zero-order chi connectivity index (χ0) is 31.9. The van der Waals surface area contributed by atoms with E-state index in [1.54, 1.807) is 0 Å². The maximum atomic E-state index is 13.4. The second kappa shape index (κ2) is 16.9. The third kappa shape index (κ3) is 14.1. The number of anilines is 1. The number of nitrogens with one attached hydrogen (secondary N) is 1. The minimum absolute atomic E-state index is 0. The molecule has 1 N–H and O–H groups in total. The molecule has 0 heterocycles. The predicted molar refractivity (Wildman–Crippen MR) is 176 cm³/mol. The summed E-state index contributed by atoms with van der Waals surface area (Å²) in [4.78, 5) is 26.6. The van der Waals surface area contributed by atoms with Crippen LogP contribution in [-0.2, 0) is 15.0 Å². The van der Waals surface area contributed by atoms with Gasteiger partial charge in [-0.05, 0) is 72.1 Å². The number of hydrogen-bond donors (Lipinski definition) is 1. The Morgan fingerprint density at radius 1 is 0.829 bits per heavy atom. The van der Waals surface area contributed by atoms with E-state index >= 15 is 0 Å². The number of carbonyl (C=O) groups excluding carboxylic acids is 2. The van der Waals surface area contributed by atoms with Crippen LogP contribution in [-0.4, -0.2) is 18.4 Å². The molecule has 2 amide bonds. The molecule has 0 saturated carbocycles. The fourth-order valence-electron chi connectivity index (χ4n) is 6.19. The van der Waals surface area contributed by atoms with Crippen LogP contribution in [0.4, 0.5) is 5.69 Å². The average molecular weight is 643 g/mol. The number of rotatable bonds is 13. The maximum absolute atomic E-state index is 13.4.